The lowest BCUT2D eigenvalue weighted by molar-refractivity contribution is -0.125. The van der Waals surface area contributed by atoms with Crippen LogP contribution < -0.4 is 5.32 Å². The Morgan fingerprint density at radius 3 is 2.23 bits per heavy atom. The van der Waals surface area contributed by atoms with Crippen molar-refractivity contribution < 1.29 is 9.59 Å². The number of amides is 1. The molecule has 0 unspecified atom stereocenters. The van der Waals surface area contributed by atoms with E-state index in [2.05, 4.69) is 5.32 Å². The second kappa shape index (κ2) is 6.89. The van der Waals surface area contributed by atoms with E-state index in [-0.39, 0.29) is 18.2 Å². The van der Waals surface area contributed by atoms with Crippen molar-refractivity contribution in [2.24, 2.45) is 5.92 Å². The third-order valence-electron chi connectivity index (χ3n) is 1.98. The Balaban J connectivity index is 3.66. The molecule has 1 amide bonds. The largest absolute Gasteiger partial charge is 0.355 e. The molecule has 0 aliphatic heterocycles. The van der Waals surface area contributed by atoms with Crippen molar-refractivity contribution in [1.82, 2.24) is 5.32 Å². The van der Waals surface area contributed by atoms with E-state index in [4.69, 9.17) is 11.6 Å². The molecule has 0 spiro atoms. The van der Waals surface area contributed by atoms with Crippen LogP contribution in [0.3, 0.4) is 0 Å². The van der Waals surface area contributed by atoms with Crippen LogP contribution in [0.2, 0.25) is 0 Å². The number of rotatable bonds is 6. The highest BCUT2D eigenvalue weighted by atomic mass is 35.5. The van der Waals surface area contributed by atoms with Crippen LogP contribution >= 0.6 is 11.6 Å². The van der Waals surface area contributed by atoms with Crippen molar-refractivity contribution in [3.05, 3.63) is 0 Å². The van der Waals surface area contributed by atoms with E-state index >= 15 is 0 Å². The minimum atomic E-state index is -0.412. The fraction of sp³-hybridized carbons (Fsp3) is 0.778. The van der Waals surface area contributed by atoms with Crippen molar-refractivity contribution in [1.29, 1.82) is 0 Å². The van der Waals surface area contributed by atoms with E-state index in [9.17, 15) is 9.59 Å². The van der Waals surface area contributed by atoms with Crippen molar-refractivity contribution in [2.75, 3.05) is 6.54 Å². The van der Waals surface area contributed by atoms with Crippen LogP contribution in [-0.2, 0) is 9.59 Å². The first-order valence-corrected chi connectivity index (χ1v) is 4.95. The number of carbonyl (C=O) groups excluding carboxylic acids is 2. The minimum absolute atomic E-state index is 0.0166. The van der Waals surface area contributed by atoms with Crippen LogP contribution in [0.4, 0.5) is 0 Å². The third kappa shape index (κ3) is 5.64. The summed E-state index contributed by atoms with van der Waals surface area (Å²) in [6, 6.07) is 0. The predicted molar refractivity (Wildman–Crippen MR) is 52.6 cm³/mol. The van der Waals surface area contributed by atoms with E-state index in [1.54, 1.807) is 0 Å². The lowest BCUT2D eigenvalue weighted by Crippen LogP contribution is -2.31. The van der Waals surface area contributed by atoms with Gasteiger partial charge in [0.05, 0.1) is 0 Å². The van der Waals surface area contributed by atoms with Crippen LogP contribution in [0.15, 0.2) is 0 Å². The summed E-state index contributed by atoms with van der Waals surface area (Å²) in [5.74, 6) is 0.0772. The molecule has 13 heavy (non-hydrogen) atoms. The molecule has 0 aromatic rings. The average molecular weight is 206 g/mol. The second-order valence-electron chi connectivity index (χ2n) is 2.91. The Morgan fingerprint density at radius 2 is 1.85 bits per heavy atom. The van der Waals surface area contributed by atoms with E-state index in [1.807, 2.05) is 13.8 Å². The number of halogens is 1. The van der Waals surface area contributed by atoms with Crippen LogP contribution in [0.1, 0.15) is 33.1 Å². The molecule has 0 saturated heterocycles. The van der Waals surface area contributed by atoms with Gasteiger partial charge in [-0.05, 0) is 24.4 Å². The van der Waals surface area contributed by atoms with Gasteiger partial charge in [0.1, 0.15) is 0 Å². The summed E-state index contributed by atoms with van der Waals surface area (Å²) >= 11 is 5.12. The third-order valence-corrected chi connectivity index (χ3v) is 2.17. The molecule has 0 radical (unpaired) electrons. The Bertz CT molecular complexity index is 178. The number of hydrogen-bond acceptors (Lipinski definition) is 2. The van der Waals surface area contributed by atoms with Crippen molar-refractivity contribution in [3.8, 4) is 0 Å². The van der Waals surface area contributed by atoms with Crippen LogP contribution in [0, 0.1) is 5.92 Å². The van der Waals surface area contributed by atoms with Crippen molar-refractivity contribution in [3.63, 3.8) is 0 Å². The molecule has 76 valence electrons. The fourth-order valence-corrected chi connectivity index (χ4v) is 1.18. The Kier molecular flexibility index (Phi) is 6.59. The summed E-state index contributed by atoms with van der Waals surface area (Å²) in [6.45, 7) is 4.29. The van der Waals surface area contributed by atoms with Gasteiger partial charge in [0, 0.05) is 18.9 Å². The minimum Gasteiger partial charge on any atom is -0.355 e. The van der Waals surface area contributed by atoms with E-state index in [0.29, 0.717) is 6.54 Å². The zero-order valence-corrected chi connectivity index (χ0v) is 8.86. The van der Waals surface area contributed by atoms with Gasteiger partial charge < -0.3 is 5.32 Å². The molecular formula is C9H16ClNO2. The van der Waals surface area contributed by atoms with Gasteiger partial charge in [0.2, 0.25) is 11.1 Å². The number of nitrogens with one attached hydrogen (secondary N) is 1. The van der Waals surface area contributed by atoms with Gasteiger partial charge >= 0.3 is 0 Å². The fourth-order valence-electron chi connectivity index (χ4n) is 1.09. The maximum atomic E-state index is 11.3. The maximum absolute atomic E-state index is 11.3. The lowest BCUT2D eigenvalue weighted by atomic mass is 10.0. The summed E-state index contributed by atoms with van der Waals surface area (Å²) in [5.41, 5.74) is 0. The quantitative estimate of drug-likeness (QED) is 0.671. The molecule has 0 aromatic heterocycles. The molecule has 0 aromatic carbocycles. The molecule has 1 N–H and O–H groups in total. The summed E-state index contributed by atoms with van der Waals surface area (Å²) in [4.78, 5) is 21.7. The summed E-state index contributed by atoms with van der Waals surface area (Å²) in [6.07, 6.45) is 1.86. The highest BCUT2D eigenvalue weighted by molar-refractivity contribution is 6.63. The molecule has 0 aliphatic carbocycles. The van der Waals surface area contributed by atoms with Gasteiger partial charge in [-0.1, -0.05) is 13.8 Å². The highest BCUT2D eigenvalue weighted by Gasteiger charge is 2.12. The van der Waals surface area contributed by atoms with Gasteiger partial charge in [0.25, 0.3) is 0 Å². The summed E-state index contributed by atoms with van der Waals surface area (Å²) in [5, 5.41) is 2.26. The summed E-state index contributed by atoms with van der Waals surface area (Å²) < 4.78 is 0. The van der Waals surface area contributed by atoms with Crippen molar-refractivity contribution >= 4 is 22.8 Å². The molecule has 4 heteroatoms. The lowest BCUT2D eigenvalue weighted by Gasteiger charge is -2.11. The molecule has 0 rings (SSSR count). The zero-order chi connectivity index (χ0) is 10.3. The van der Waals surface area contributed by atoms with Gasteiger partial charge in [0.15, 0.2) is 0 Å². The topological polar surface area (TPSA) is 46.2 Å². The monoisotopic (exact) mass is 205 g/mol. The Labute approximate surface area is 83.8 Å². The Morgan fingerprint density at radius 1 is 1.31 bits per heavy atom. The standard InChI is InChI=1S/C9H16ClNO2/c1-3-7(4-2)9(13)11-6-5-8(10)12/h7H,3-6H2,1-2H3,(H,11,13). The molecule has 0 aliphatic rings. The SMILES string of the molecule is CCC(CC)C(=O)NCCC(=O)Cl. The molecule has 0 atom stereocenters. The molecule has 0 fully saturated rings. The molecule has 0 heterocycles. The zero-order valence-electron chi connectivity index (χ0n) is 8.10. The average Bonchev–Trinajstić information content (AvgIpc) is 2.05. The predicted octanol–water partition coefficient (Wildman–Crippen LogP) is 1.69. The van der Waals surface area contributed by atoms with E-state index in [0.717, 1.165) is 12.8 Å². The van der Waals surface area contributed by atoms with Gasteiger partial charge in [-0.15, -0.1) is 0 Å². The molecule has 0 bridgehead atoms. The van der Waals surface area contributed by atoms with Gasteiger partial charge in [-0.3, -0.25) is 9.59 Å². The molecule has 3 nitrogen and oxygen atoms in total. The van der Waals surface area contributed by atoms with Gasteiger partial charge in [-0.25, -0.2) is 0 Å². The maximum Gasteiger partial charge on any atom is 0.223 e. The summed E-state index contributed by atoms with van der Waals surface area (Å²) in [7, 11) is 0. The Hall–Kier alpha value is -0.570. The first-order chi connectivity index (χ1) is 6.11. The van der Waals surface area contributed by atoms with Crippen molar-refractivity contribution in [2.45, 2.75) is 33.1 Å². The molecular weight excluding hydrogens is 190 g/mol. The smallest absolute Gasteiger partial charge is 0.223 e. The second-order valence-corrected chi connectivity index (χ2v) is 3.33. The first kappa shape index (κ1) is 12.4. The first-order valence-electron chi connectivity index (χ1n) is 4.57. The van der Waals surface area contributed by atoms with Crippen LogP contribution in [0.25, 0.3) is 0 Å². The van der Waals surface area contributed by atoms with Gasteiger partial charge in [-0.2, -0.15) is 0 Å². The van der Waals surface area contributed by atoms with E-state index in [1.165, 1.54) is 0 Å². The van der Waals surface area contributed by atoms with Crippen LogP contribution in [0.5, 0.6) is 0 Å². The van der Waals surface area contributed by atoms with E-state index < -0.39 is 5.24 Å². The molecule has 0 saturated carbocycles. The normalized spacial score (nSPS) is 10.2. The number of carbonyl (C=O) groups is 2. The highest BCUT2D eigenvalue weighted by Crippen LogP contribution is 2.06. The van der Waals surface area contributed by atoms with Crippen LogP contribution in [-0.4, -0.2) is 17.7 Å². The number of hydrogen-bond donors (Lipinski definition) is 1.